The Morgan fingerprint density at radius 2 is 1.94 bits per heavy atom. The molecular weight excluding hydrogens is 513 g/mol. The van der Waals surface area contributed by atoms with Gasteiger partial charge < -0.3 is 19.7 Å². The van der Waals surface area contributed by atoms with Gasteiger partial charge in [0.05, 0.1) is 0 Å². The number of aromatic nitrogens is 1. The molecule has 0 saturated heterocycles. The molecule has 0 aliphatic rings. The summed E-state index contributed by atoms with van der Waals surface area (Å²) in [6, 6.07) is 14.3. The molecule has 2 heterocycles. The minimum Gasteiger partial charge on any atom is -0.350 e. The molecule has 2 aromatic carbocycles. The maximum absolute atomic E-state index is 14.2. The summed E-state index contributed by atoms with van der Waals surface area (Å²) in [5.41, 5.74) is -3.01. The molecule has 31 heavy (non-hydrogen) atoms. The average molecular weight is 529 g/mol. The quantitative estimate of drug-likeness (QED) is 0.297. The molecule has 1 amide bonds. The van der Waals surface area contributed by atoms with Gasteiger partial charge in [-0.25, -0.2) is 0 Å². The highest BCUT2D eigenvalue weighted by atomic mass is 79.9. The number of carbonyl (C=O) groups excluding carboxylic acids is 1. The van der Waals surface area contributed by atoms with Crippen LogP contribution in [0.5, 0.6) is 0 Å². The zero-order valence-electron chi connectivity index (χ0n) is 15.8. The molecule has 4 aromatic rings. The fourth-order valence-corrected chi connectivity index (χ4v) is 6.19. The third-order valence-electron chi connectivity index (χ3n) is 4.85. The summed E-state index contributed by atoms with van der Waals surface area (Å²) in [6.45, 7) is 0.921. The molecule has 0 unspecified atom stereocenters. The summed E-state index contributed by atoms with van der Waals surface area (Å²) >= 11 is 3.59. The van der Waals surface area contributed by atoms with Gasteiger partial charge in [0.2, 0.25) is 0 Å². The van der Waals surface area contributed by atoms with Crippen LogP contribution < -0.4 is 5.32 Å². The summed E-state index contributed by atoms with van der Waals surface area (Å²) in [5.74, 6) is -0.375. The zero-order valence-corrected chi connectivity index (χ0v) is 19.1. The Labute approximate surface area is 187 Å². The zero-order chi connectivity index (χ0) is 22.4. The molecule has 6 nitrogen and oxygen atoms in total. The van der Waals surface area contributed by atoms with E-state index in [0.717, 1.165) is 10.9 Å². The second-order valence-corrected chi connectivity index (χ2v) is 10.4. The highest BCUT2D eigenvalue weighted by Gasteiger charge is 2.53. The molecule has 162 valence electrons. The number of alkyl halides is 2. The number of carbonyl (C=O) groups is 1. The number of nitrogens with one attached hydrogen (secondary N) is 1. The van der Waals surface area contributed by atoms with Crippen molar-refractivity contribution in [2.45, 2.75) is 12.2 Å². The van der Waals surface area contributed by atoms with E-state index >= 15 is 0 Å². The van der Waals surface area contributed by atoms with Gasteiger partial charge in [-0.3, -0.25) is 9.36 Å². The largest absolute Gasteiger partial charge is 0.400 e. The summed E-state index contributed by atoms with van der Waals surface area (Å²) in [4.78, 5) is 29.8. The number of hydrogen-bond acceptors (Lipinski definition) is 3. The number of para-hydroxylation sites is 1. The van der Waals surface area contributed by atoms with Crippen LogP contribution in [-0.4, -0.2) is 26.8 Å². The minimum absolute atomic E-state index is 0.130. The summed E-state index contributed by atoms with van der Waals surface area (Å²) in [6.07, 6.45) is 1.94. The standard InChI is InChI=1S/C20H16BrF2N2O4PS/c21-17-14-11-13(5-6-16(14)31-18(17)20(22,23)30(27,28)29)19(26)24-8-10-25-9-7-12-3-1-2-4-15(12)25/h1-7,9,11H,8,10H2,(H,24,26)(H2,27,28,29). The fraction of sp³-hybridized carbons (Fsp3) is 0.150. The lowest BCUT2D eigenvalue weighted by molar-refractivity contribution is 0.0595. The Kier molecular flexibility index (Phi) is 5.78. The van der Waals surface area contributed by atoms with Crippen molar-refractivity contribution in [3.63, 3.8) is 0 Å². The van der Waals surface area contributed by atoms with E-state index in [-0.39, 0.29) is 21.3 Å². The Hall–Kier alpha value is -2.10. The van der Waals surface area contributed by atoms with Crippen LogP contribution in [0.25, 0.3) is 21.0 Å². The number of benzene rings is 2. The van der Waals surface area contributed by atoms with Crippen molar-refractivity contribution in [1.29, 1.82) is 0 Å². The minimum atomic E-state index is -5.69. The second kappa shape index (κ2) is 8.11. The van der Waals surface area contributed by atoms with Crippen LogP contribution in [-0.2, 0) is 16.8 Å². The molecule has 0 spiro atoms. The molecule has 0 bridgehead atoms. The van der Waals surface area contributed by atoms with Gasteiger partial charge in [-0.1, -0.05) is 18.2 Å². The number of halogens is 3. The number of thiophene rings is 1. The van der Waals surface area contributed by atoms with Crippen LogP contribution in [0.1, 0.15) is 15.2 Å². The maximum atomic E-state index is 14.2. The molecule has 3 N–H and O–H groups in total. The first kappa shape index (κ1) is 22.1. The predicted molar refractivity (Wildman–Crippen MR) is 120 cm³/mol. The lowest BCUT2D eigenvalue weighted by atomic mass is 10.1. The van der Waals surface area contributed by atoms with E-state index in [9.17, 15) is 18.1 Å². The van der Waals surface area contributed by atoms with Crippen molar-refractivity contribution in [1.82, 2.24) is 9.88 Å². The molecule has 4 rings (SSSR count). The smallest absolute Gasteiger partial charge is 0.350 e. The molecule has 2 aromatic heterocycles. The number of hydrogen-bond donors (Lipinski definition) is 3. The molecule has 0 fully saturated rings. The first-order chi connectivity index (χ1) is 14.6. The van der Waals surface area contributed by atoms with Gasteiger partial charge in [0.25, 0.3) is 5.91 Å². The maximum Gasteiger partial charge on any atom is 0.400 e. The van der Waals surface area contributed by atoms with Gasteiger partial charge in [0.15, 0.2) is 0 Å². The van der Waals surface area contributed by atoms with E-state index in [4.69, 9.17) is 9.79 Å². The van der Waals surface area contributed by atoms with Gasteiger partial charge in [0.1, 0.15) is 4.88 Å². The highest BCUT2D eigenvalue weighted by Crippen LogP contribution is 2.62. The van der Waals surface area contributed by atoms with Crippen molar-refractivity contribution < 1.29 is 27.9 Å². The summed E-state index contributed by atoms with van der Waals surface area (Å²) in [7, 11) is -5.69. The van der Waals surface area contributed by atoms with E-state index in [1.807, 2.05) is 41.1 Å². The van der Waals surface area contributed by atoms with E-state index in [1.165, 1.54) is 18.2 Å². The Morgan fingerprint density at radius 1 is 1.19 bits per heavy atom. The number of rotatable bonds is 6. The van der Waals surface area contributed by atoms with Crippen LogP contribution >= 0.6 is 34.9 Å². The second-order valence-electron chi connectivity index (χ2n) is 6.87. The Bertz CT molecular complexity index is 1350. The monoisotopic (exact) mass is 528 g/mol. The Balaban J connectivity index is 1.52. The molecule has 11 heteroatoms. The molecular formula is C20H16BrF2N2O4PS. The van der Waals surface area contributed by atoms with Crippen LogP contribution in [0.15, 0.2) is 59.2 Å². The average Bonchev–Trinajstić information content (AvgIpc) is 3.28. The topological polar surface area (TPSA) is 91.6 Å². The van der Waals surface area contributed by atoms with Crippen LogP contribution in [0.4, 0.5) is 8.78 Å². The van der Waals surface area contributed by atoms with Gasteiger partial charge in [-0.05, 0) is 51.6 Å². The Morgan fingerprint density at radius 3 is 2.68 bits per heavy atom. The summed E-state index contributed by atoms with van der Waals surface area (Å²) < 4.78 is 41.8. The molecule has 0 atom stereocenters. The first-order valence-corrected chi connectivity index (χ1v) is 12.3. The normalized spacial score (nSPS) is 12.5. The van der Waals surface area contributed by atoms with E-state index in [0.29, 0.717) is 29.1 Å². The molecule has 0 aliphatic heterocycles. The number of nitrogens with zero attached hydrogens (tertiary/aromatic N) is 1. The van der Waals surface area contributed by atoms with Gasteiger partial charge in [0, 0.05) is 44.9 Å². The lowest BCUT2D eigenvalue weighted by Gasteiger charge is -2.16. The van der Waals surface area contributed by atoms with E-state index in [2.05, 4.69) is 21.2 Å². The van der Waals surface area contributed by atoms with Crippen molar-refractivity contribution in [3.05, 3.63) is 69.6 Å². The highest BCUT2D eigenvalue weighted by molar-refractivity contribution is 9.10. The molecule has 0 saturated carbocycles. The van der Waals surface area contributed by atoms with E-state index < -0.39 is 18.1 Å². The van der Waals surface area contributed by atoms with Crippen molar-refractivity contribution in [2.24, 2.45) is 0 Å². The molecule has 0 aliphatic carbocycles. The number of amides is 1. The van der Waals surface area contributed by atoms with Crippen LogP contribution in [0.2, 0.25) is 0 Å². The third-order valence-corrected chi connectivity index (χ3v) is 8.28. The van der Waals surface area contributed by atoms with Gasteiger partial charge in [-0.15, -0.1) is 11.3 Å². The van der Waals surface area contributed by atoms with Crippen molar-refractivity contribution in [2.75, 3.05) is 6.54 Å². The van der Waals surface area contributed by atoms with Crippen LogP contribution in [0, 0.1) is 0 Å². The third kappa shape index (κ3) is 4.06. The van der Waals surface area contributed by atoms with Gasteiger partial charge in [-0.2, -0.15) is 8.78 Å². The van der Waals surface area contributed by atoms with Crippen LogP contribution in [0.3, 0.4) is 0 Å². The van der Waals surface area contributed by atoms with Crippen molar-refractivity contribution >= 4 is 61.8 Å². The predicted octanol–water partition coefficient (Wildman–Crippen LogP) is 5.28. The lowest BCUT2D eigenvalue weighted by Crippen LogP contribution is -2.27. The van der Waals surface area contributed by atoms with Crippen molar-refractivity contribution in [3.8, 4) is 0 Å². The fourth-order valence-electron chi connectivity index (χ4n) is 3.26. The number of fused-ring (bicyclic) bond motifs is 2. The summed E-state index contributed by atoms with van der Waals surface area (Å²) in [5, 5.41) is 4.19. The SMILES string of the molecule is O=C(NCCn1ccc2ccccc21)c1ccc2sc(C(F)(F)P(=O)(O)O)c(Br)c2c1. The van der Waals surface area contributed by atoms with E-state index in [1.54, 1.807) is 0 Å². The molecule has 0 radical (unpaired) electrons. The first-order valence-electron chi connectivity index (χ1n) is 9.07. The van der Waals surface area contributed by atoms with Gasteiger partial charge >= 0.3 is 13.3 Å².